The van der Waals surface area contributed by atoms with Crippen molar-refractivity contribution in [1.82, 2.24) is 0 Å². The molecule has 0 spiro atoms. The van der Waals surface area contributed by atoms with Crippen molar-refractivity contribution < 1.29 is 0 Å². The predicted octanol–water partition coefficient (Wildman–Crippen LogP) is 4.84. The van der Waals surface area contributed by atoms with E-state index >= 15 is 0 Å². The zero-order valence-electron chi connectivity index (χ0n) is 10.2. The fraction of sp³-hybridized carbons (Fsp3) is 0.0588. The van der Waals surface area contributed by atoms with Crippen LogP contribution in [0.25, 0.3) is 16.3 Å². The lowest BCUT2D eigenvalue weighted by atomic mass is 9.95. The van der Waals surface area contributed by atoms with Crippen molar-refractivity contribution in [2.75, 3.05) is 0 Å². The molecular formula is C17H11ClS. The molecule has 0 fully saturated rings. The van der Waals surface area contributed by atoms with Gasteiger partial charge in [-0.2, -0.15) is 0 Å². The number of benzene rings is 2. The fourth-order valence-electron chi connectivity index (χ4n) is 1.99. The molecular weight excluding hydrogens is 272 g/mol. The third-order valence-corrected chi connectivity index (χ3v) is 3.33. The summed E-state index contributed by atoms with van der Waals surface area (Å²) in [6.07, 6.45) is 7.95. The van der Waals surface area contributed by atoms with Crippen LogP contribution in [0.5, 0.6) is 0 Å². The number of thiocarbonyl (C=S) groups is 1. The normalized spacial score (nSPS) is 9.68. The van der Waals surface area contributed by atoms with Gasteiger partial charge in [0.05, 0.1) is 0 Å². The molecule has 0 radical (unpaired) electrons. The first-order valence-corrected chi connectivity index (χ1v) is 6.51. The molecule has 0 amide bonds. The highest BCUT2D eigenvalue weighted by Crippen LogP contribution is 2.27. The second kappa shape index (κ2) is 5.87. The molecule has 0 N–H and O–H groups in total. The van der Waals surface area contributed by atoms with E-state index in [-0.39, 0.29) is 0 Å². The molecule has 0 saturated carbocycles. The summed E-state index contributed by atoms with van der Waals surface area (Å²) < 4.78 is 0. The maximum Gasteiger partial charge on any atom is 0.0412 e. The van der Waals surface area contributed by atoms with Crippen LogP contribution in [0.4, 0.5) is 0 Å². The van der Waals surface area contributed by atoms with Gasteiger partial charge in [0.1, 0.15) is 0 Å². The van der Waals surface area contributed by atoms with E-state index in [1.165, 1.54) is 0 Å². The Hall–Kier alpha value is -1.84. The van der Waals surface area contributed by atoms with E-state index < -0.39 is 0 Å². The van der Waals surface area contributed by atoms with E-state index in [1.807, 2.05) is 24.3 Å². The second-order valence-electron chi connectivity index (χ2n) is 4.15. The van der Waals surface area contributed by atoms with E-state index in [0.717, 1.165) is 21.9 Å². The Morgan fingerprint density at radius 3 is 2.79 bits per heavy atom. The standard InChI is InChI=1S/C17H11ClS/c1-3-12(2)17-11-15-10-16(18)7-6-13(15)9-14(17)5-4-8-19/h1,4,6-7,9-11H,2,5H2. The van der Waals surface area contributed by atoms with E-state index in [0.29, 0.717) is 17.0 Å². The van der Waals surface area contributed by atoms with Crippen LogP contribution in [0.3, 0.4) is 0 Å². The van der Waals surface area contributed by atoms with Gasteiger partial charge in [-0.05, 0) is 64.8 Å². The number of hydrogen-bond donors (Lipinski definition) is 0. The third kappa shape index (κ3) is 2.95. The molecule has 0 nitrogen and oxygen atoms in total. The van der Waals surface area contributed by atoms with Crippen LogP contribution >= 0.6 is 23.8 Å². The maximum absolute atomic E-state index is 6.02. The van der Waals surface area contributed by atoms with Crippen LogP contribution in [0.2, 0.25) is 5.02 Å². The smallest absolute Gasteiger partial charge is 0.0412 e. The molecule has 0 aliphatic heterocycles. The molecule has 2 aromatic carbocycles. The Morgan fingerprint density at radius 1 is 1.32 bits per heavy atom. The topological polar surface area (TPSA) is 0 Å². The van der Waals surface area contributed by atoms with E-state index in [1.54, 1.807) is 6.08 Å². The molecule has 2 aromatic rings. The average Bonchev–Trinajstić information content (AvgIpc) is 2.43. The van der Waals surface area contributed by atoms with Gasteiger partial charge in [-0.1, -0.05) is 41.3 Å². The Kier molecular flexibility index (Phi) is 4.20. The Balaban J connectivity index is 2.70. The van der Waals surface area contributed by atoms with Crippen LogP contribution in [-0.2, 0) is 6.42 Å². The quantitative estimate of drug-likeness (QED) is 0.573. The maximum atomic E-state index is 6.02. The first-order valence-electron chi connectivity index (χ1n) is 5.73. The van der Waals surface area contributed by atoms with Crippen molar-refractivity contribution in [3.05, 3.63) is 59.1 Å². The molecule has 92 valence electrons. The van der Waals surface area contributed by atoms with Gasteiger partial charge in [-0.25, -0.2) is 0 Å². The Labute approximate surface area is 123 Å². The summed E-state index contributed by atoms with van der Waals surface area (Å²) in [5, 5.41) is 5.48. The lowest BCUT2D eigenvalue weighted by molar-refractivity contribution is 1.28. The van der Waals surface area contributed by atoms with E-state index in [9.17, 15) is 0 Å². The van der Waals surface area contributed by atoms with Gasteiger partial charge in [-0.3, -0.25) is 0 Å². The highest BCUT2D eigenvalue weighted by Gasteiger charge is 2.06. The molecule has 0 heterocycles. The first kappa shape index (κ1) is 13.6. The summed E-state index contributed by atoms with van der Waals surface area (Å²) in [5.74, 6) is 2.59. The predicted molar refractivity (Wildman–Crippen MR) is 87.7 cm³/mol. The lowest BCUT2D eigenvalue weighted by Crippen LogP contribution is -1.92. The minimum atomic E-state index is 0.662. The number of allylic oxidation sites excluding steroid dienone is 2. The largest absolute Gasteiger partial charge is 0.115 e. The van der Waals surface area contributed by atoms with Gasteiger partial charge in [0.2, 0.25) is 0 Å². The molecule has 0 saturated heterocycles. The van der Waals surface area contributed by atoms with E-state index in [2.05, 4.69) is 23.6 Å². The van der Waals surface area contributed by atoms with Crippen LogP contribution in [-0.4, -0.2) is 5.02 Å². The second-order valence-corrected chi connectivity index (χ2v) is 4.82. The van der Waals surface area contributed by atoms with Gasteiger partial charge < -0.3 is 0 Å². The molecule has 0 atom stereocenters. The van der Waals surface area contributed by atoms with Crippen LogP contribution in [0.15, 0.2) is 43.0 Å². The molecule has 0 unspecified atom stereocenters. The number of hydrogen-bond acceptors (Lipinski definition) is 1. The average molecular weight is 283 g/mol. The zero-order chi connectivity index (χ0) is 13.8. The summed E-state index contributed by atoms with van der Waals surface area (Å²) in [6.45, 7) is 3.91. The van der Waals surface area contributed by atoms with Crippen molar-refractivity contribution in [3.8, 4) is 12.3 Å². The molecule has 0 aliphatic rings. The van der Waals surface area contributed by atoms with Crippen molar-refractivity contribution in [1.29, 1.82) is 0 Å². The molecule has 0 aromatic heterocycles. The summed E-state index contributed by atoms with van der Waals surface area (Å²) in [5.41, 5.74) is 2.71. The highest BCUT2D eigenvalue weighted by atomic mass is 35.5. The molecule has 0 aliphatic carbocycles. The summed E-state index contributed by atoms with van der Waals surface area (Å²) in [6, 6.07) is 9.90. The zero-order valence-corrected chi connectivity index (χ0v) is 11.8. The minimum absolute atomic E-state index is 0.662. The van der Waals surface area contributed by atoms with Gasteiger partial charge in [-0.15, -0.1) is 6.42 Å². The van der Waals surface area contributed by atoms with Crippen LogP contribution < -0.4 is 0 Å². The third-order valence-electron chi connectivity index (χ3n) is 2.93. The van der Waals surface area contributed by atoms with Gasteiger partial charge in [0.25, 0.3) is 0 Å². The van der Waals surface area contributed by atoms with E-state index in [4.69, 9.17) is 30.2 Å². The van der Waals surface area contributed by atoms with Crippen molar-refractivity contribution in [3.63, 3.8) is 0 Å². The van der Waals surface area contributed by atoms with Gasteiger partial charge in [0.15, 0.2) is 0 Å². The van der Waals surface area contributed by atoms with Crippen molar-refractivity contribution in [2.45, 2.75) is 6.42 Å². The SMILES string of the molecule is C#CC(=C)c1cc2cc(Cl)ccc2cc1CC=C=S. The van der Waals surface area contributed by atoms with Crippen molar-refractivity contribution in [2.24, 2.45) is 0 Å². The number of halogens is 1. The Morgan fingerprint density at radius 2 is 2.11 bits per heavy atom. The molecule has 19 heavy (non-hydrogen) atoms. The molecule has 2 rings (SSSR count). The molecule has 2 heteroatoms. The summed E-state index contributed by atoms with van der Waals surface area (Å²) in [7, 11) is 0. The number of rotatable bonds is 3. The lowest BCUT2D eigenvalue weighted by Gasteiger charge is -2.09. The van der Waals surface area contributed by atoms with Crippen molar-refractivity contribution >= 4 is 45.2 Å². The highest BCUT2D eigenvalue weighted by molar-refractivity contribution is 7.78. The van der Waals surface area contributed by atoms with Crippen LogP contribution in [0.1, 0.15) is 11.1 Å². The van der Waals surface area contributed by atoms with Gasteiger partial charge in [0, 0.05) is 10.6 Å². The fourth-order valence-corrected chi connectivity index (χ4v) is 2.26. The number of terminal acetylenes is 1. The molecule has 0 bridgehead atoms. The monoisotopic (exact) mass is 282 g/mol. The van der Waals surface area contributed by atoms with Crippen LogP contribution in [0, 0.1) is 12.3 Å². The summed E-state index contributed by atoms with van der Waals surface area (Å²) >= 11 is 10.7. The first-order chi connectivity index (χ1) is 9.15. The number of fused-ring (bicyclic) bond motifs is 1. The van der Waals surface area contributed by atoms with Gasteiger partial charge >= 0.3 is 0 Å². The minimum Gasteiger partial charge on any atom is -0.115 e. The summed E-state index contributed by atoms with van der Waals surface area (Å²) in [4.78, 5) is 0. The Bertz CT molecular complexity index is 744.